The van der Waals surface area contributed by atoms with Gasteiger partial charge in [-0.1, -0.05) is 64.6 Å². The summed E-state index contributed by atoms with van der Waals surface area (Å²) in [5.41, 5.74) is 23.5. The first-order valence-electron chi connectivity index (χ1n) is 16.4. The molecule has 0 saturated carbocycles. The number of anilines is 8. The van der Waals surface area contributed by atoms with Crippen LogP contribution in [0.2, 0.25) is 36.1 Å². The van der Waals surface area contributed by atoms with Crippen LogP contribution in [0.5, 0.6) is 0 Å². The van der Waals surface area contributed by atoms with E-state index in [1.54, 1.807) is 12.1 Å². The Hall–Kier alpha value is -4.08. The van der Waals surface area contributed by atoms with Gasteiger partial charge in [0.2, 0.25) is 34.9 Å². The number of aromatic nitrogens is 6. The molecule has 16 nitrogen and oxygen atoms in total. The van der Waals surface area contributed by atoms with Gasteiger partial charge in [-0.25, -0.2) is 36.8 Å². The van der Waals surface area contributed by atoms with Crippen molar-refractivity contribution in [3.63, 3.8) is 0 Å². The highest BCUT2D eigenvalue weighted by Gasteiger charge is 2.12. The van der Waals surface area contributed by atoms with Gasteiger partial charge in [0.05, 0.1) is 70.2 Å². The van der Waals surface area contributed by atoms with Crippen molar-refractivity contribution in [2.75, 3.05) is 45.1 Å². The molecule has 6 rings (SSSR count). The second-order valence-electron chi connectivity index (χ2n) is 12.0. The molecule has 3 heterocycles. The maximum Gasteiger partial charge on any atom is 0.229 e. The number of nitrogens with one attached hydrogen (secondary N) is 3. The monoisotopic (exact) mass is 1030 g/mol. The van der Waals surface area contributed by atoms with E-state index in [4.69, 9.17) is 98.4 Å². The van der Waals surface area contributed by atoms with Crippen LogP contribution in [-0.2, 0) is 19.1 Å². The molecule has 3 aromatic heterocycles. The molecule has 26 heteroatoms. The fourth-order valence-corrected chi connectivity index (χ4v) is 5.50. The molecule has 0 aliphatic heterocycles. The molecule has 0 radical (unpaired) electrons. The summed E-state index contributed by atoms with van der Waals surface area (Å²) in [5.74, 6) is 0.722. The molecular formula is C35H36Cl8N12O4S2. The number of halogens is 8. The normalized spacial score (nSPS) is 10.5. The fraction of sp³-hybridized carbons (Fsp3) is 0.143. The lowest BCUT2D eigenvalue weighted by molar-refractivity contribution is 0.606. The quantitative estimate of drug-likeness (QED) is 0.0392. The van der Waals surface area contributed by atoms with E-state index in [1.165, 1.54) is 18.6 Å². The van der Waals surface area contributed by atoms with Crippen molar-refractivity contribution in [3.8, 4) is 0 Å². The zero-order valence-corrected chi connectivity index (χ0v) is 40.0. The molecule has 3 aromatic carbocycles. The van der Waals surface area contributed by atoms with Crippen LogP contribution < -0.4 is 32.6 Å². The van der Waals surface area contributed by atoms with E-state index in [0.29, 0.717) is 44.3 Å². The minimum atomic E-state index is -3.41. The zero-order chi connectivity index (χ0) is 46.2. The van der Waals surface area contributed by atoms with Crippen LogP contribution >= 0.6 is 91.9 Å². The fourth-order valence-electron chi connectivity index (χ4n) is 3.99. The standard InChI is InChI=1S/C12H12Cl2N4O2S.C11H10Cl2N4.C7H10N2.C4HCl3N2.CH3ClO2S/c1-7-3-4-9(10(5-7)18-21(2,19)20)16-11-8(13)6-15-12(14)17-11;1-6-2-3-9(8(14)4-6)16-10-7(12)5-15-11(13)17-10;1-5-2-3-6(8)7(9)4-5;5-2-1-8-4(7)9-3(2)6;1-5(2,3)4/h3-6,18H,1-2H3,(H,15,16,17);2-5H,14H2,1H3,(H,15,16,17);2-4H,8-9H2,1H3;1H;1H3. The number of benzene rings is 3. The van der Waals surface area contributed by atoms with Gasteiger partial charge in [0.25, 0.3) is 0 Å². The molecule has 0 spiro atoms. The van der Waals surface area contributed by atoms with Gasteiger partial charge in [-0.15, -0.1) is 0 Å². The van der Waals surface area contributed by atoms with Gasteiger partial charge in [0.1, 0.15) is 10.0 Å². The maximum atomic E-state index is 11.4. The summed E-state index contributed by atoms with van der Waals surface area (Å²) in [6.07, 6.45) is 6.14. The maximum absolute atomic E-state index is 11.4. The predicted octanol–water partition coefficient (Wildman–Crippen LogP) is 10.4. The molecular weight excluding hydrogens is 1000 g/mol. The van der Waals surface area contributed by atoms with E-state index in [-0.39, 0.29) is 31.8 Å². The summed E-state index contributed by atoms with van der Waals surface area (Å²) >= 11 is 39.6. The van der Waals surface area contributed by atoms with Crippen LogP contribution in [0, 0.1) is 20.8 Å². The number of nitrogens with zero attached hydrogens (tertiary/aromatic N) is 6. The first-order chi connectivity index (χ1) is 28.2. The Morgan fingerprint density at radius 2 is 0.902 bits per heavy atom. The average Bonchev–Trinajstić information content (AvgIpc) is 3.13. The molecule has 328 valence electrons. The third-order valence-corrected chi connectivity index (χ3v) is 8.88. The first-order valence-corrected chi connectivity index (χ1v) is 23.7. The molecule has 0 aliphatic carbocycles. The summed E-state index contributed by atoms with van der Waals surface area (Å²) < 4.78 is 44.1. The average molecular weight is 1040 g/mol. The third kappa shape index (κ3) is 21.5. The van der Waals surface area contributed by atoms with Crippen molar-refractivity contribution in [1.82, 2.24) is 29.9 Å². The number of sulfonamides is 1. The smallest absolute Gasteiger partial charge is 0.229 e. The van der Waals surface area contributed by atoms with Crippen LogP contribution in [0.3, 0.4) is 0 Å². The van der Waals surface area contributed by atoms with Crippen molar-refractivity contribution >= 4 is 157 Å². The minimum Gasteiger partial charge on any atom is -0.397 e. The highest BCUT2D eigenvalue weighted by Crippen LogP contribution is 2.31. The predicted molar refractivity (Wildman–Crippen MR) is 254 cm³/mol. The van der Waals surface area contributed by atoms with E-state index in [1.807, 2.05) is 63.2 Å². The summed E-state index contributed by atoms with van der Waals surface area (Å²) in [6.45, 7) is 5.80. The van der Waals surface area contributed by atoms with Crippen LogP contribution in [0.1, 0.15) is 16.7 Å². The summed E-state index contributed by atoms with van der Waals surface area (Å²) in [4.78, 5) is 22.6. The number of nitrogen functional groups attached to an aromatic ring is 3. The van der Waals surface area contributed by atoms with Crippen molar-refractivity contribution in [2.24, 2.45) is 0 Å². The molecule has 0 amide bonds. The number of nitrogens with two attached hydrogens (primary N) is 3. The zero-order valence-electron chi connectivity index (χ0n) is 32.3. The van der Waals surface area contributed by atoms with E-state index >= 15 is 0 Å². The van der Waals surface area contributed by atoms with Crippen LogP contribution in [0.15, 0.2) is 73.2 Å². The topological polar surface area (TPSA) is 260 Å². The Balaban J connectivity index is 0.000000285. The Morgan fingerprint density at radius 3 is 1.31 bits per heavy atom. The highest BCUT2D eigenvalue weighted by molar-refractivity contribution is 8.13. The SMILES string of the molecule is CS(=O)(=O)Cl.Cc1ccc(N)c(N)c1.Cc1ccc(Nc2nc(Cl)ncc2Cl)c(N)c1.Cc1ccc(Nc2nc(Cl)ncc2Cl)c(NS(C)(=O)=O)c1.Clc1ncc(Cl)c(Cl)n1. The molecule has 61 heavy (non-hydrogen) atoms. The summed E-state index contributed by atoms with van der Waals surface area (Å²) in [5, 5.41) is 7.35. The lowest BCUT2D eigenvalue weighted by Gasteiger charge is -2.14. The van der Waals surface area contributed by atoms with E-state index in [0.717, 1.165) is 34.9 Å². The van der Waals surface area contributed by atoms with Gasteiger partial charge in [-0.05, 0) is 109 Å². The molecule has 0 bridgehead atoms. The Morgan fingerprint density at radius 1 is 0.508 bits per heavy atom. The summed E-state index contributed by atoms with van der Waals surface area (Å²) in [7, 11) is -2.10. The largest absolute Gasteiger partial charge is 0.397 e. The van der Waals surface area contributed by atoms with E-state index in [2.05, 4.69) is 55.9 Å². The second-order valence-corrected chi connectivity index (χ2v) is 19.4. The van der Waals surface area contributed by atoms with Gasteiger partial charge in [-0.3, -0.25) is 4.72 Å². The Labute approximate surface area is 392 Å². The molecule has 9 N–H and O–H groups in total. The minimum absolute atomic E-state index is 0.0339. The number of hydrogen-bond acceptors (Lipinski definition) is 15. The van der Waals surface area contributed by atoms with Crippen molar-refractivity contribution in [3.05, 3.63) is 126 Å². The van der Waals surface area contributed by atoms with Gasteiger partial charge < -0.3 is 27.8 Å². The molecule has 0 unspecified atom stereocenters. The van der Waals surface area contributed by atoms with Crippen molar-refractivity contribution in [2.45, 2.75) is 20.8 Å². The van der Waals surface area contributed by atoms with E-state index in [9.17, 15) is 16.8 Å². The van der Waals surface area contributed by atoms with E-state index < -0.39 is 19.1 Å². The third-order valence-electron chi connectivity index (χ3n) is 6.53. The highest BCUT2D eigenvalue weighted by atomic mass is 35.7. The number of hydrogen-bond donors (Lipinski definition) is 6. The lowest BCUT2D eigenvalue weighted by Crippen LogP contribution is -2.11. The Bertz CT molecular complexity index is 2610. The van der Waals surface area contributed by atoms with Gasteiger partial charge in [0.15, 0.2) is 16.8 Å². The van der Waals surface area contributed by atoms with Crippen LogP contribution in [0.4, 0.5) is 45.8 Å². The lowest BCUT2D eigenvalue weighted by atomic mass is 10.2. The molecule has 0 atom stereocenters. The molecule has 0 fully saturated rings. The van der Waals surface area contributed by atoms with Gasteiger partial charge >= 0.3 is 0 Å². The second kappa shape index (κ2) is 24.5. The molecule has 6 aromatic rings. The molecule has 0 aliphatic rings. The number of aryl methyl sites for hydroxylation is 3. The van der Waals surface area contributed by atoms with Gasteiger partial charge in [0, 0.05) is 10.7 Å². The Kier molecular flexibility index (Phi) is 21.3. The molecule has 0 saturated heterocycles. The van der Waals surface area contributed by atoms with Crippen molar-refractivity contribution < 1.29 is 16.8 Å². The number of rotatable bonds is 6. The van der Waals surface area contributed by atoms with Crippen LogP contribution in [-0.4, -0.2) is 59.3 Å². The first kappa shape index (κ1) is 53.1. The van der Waals surface area contributed by atoms with Gasteiger partial charge in [-0.2, -0.15) is 9.97 Å². The summed E-state index contributed by atoms with van der Waals surface area (Å²) in [6, 6.07) is 16.5. The van der Waals surface area contributed by atoms with Crippen LogP contribution in [0.25, 0.3) is 0 Å². The van der Waals surface area contributed by atoms with Crippen molar-refractivity contribution in [1.29, 1.82) is 0 Å².